The molecule has 0 heteroatoms. The van der Waals surface area contributed by atoms with Crippen molar-refractivity contribution in [3.63, 3.8) is 0 Å². The summed E-state index contributed by atoms with van der Waals surface area (Å²) in [4.78, 5) is 0. The van der Waals surface area contributed by atoms with Crippen LogP contribution in [0.1, 0.15) is 42.5 Å². The molecule has 4 rings (SSSR count). The molecule has 0 bridgehead atoms. The SMILES string of the molecule is CC1=C(C)c2ccc3c(c2CC1)CCc1ccccc1-3. The topological polar surface area (TPSA) is 0 Å². The first-order chi connectivity index (χ1) is 9.75. The molecule has 0 radical (unpaired) electrons. The molecule has 0 spiro atoms. The Bertz CT molecular complexity index is 732. The second-order valence-corrected chi connectivity index (χ2v) is 6.18. The Morgan fingerprint density at radius 2 is 1.35 bits per heavy atom. The number of rotatable bonds is 0. The van der Waals surface area contributed by atoms with Gasteiger partial charge in [-0.1, -0.05) is 42.0 Å². The highest BCUT2D eigenvalue weighted by Gasteiger charge is 2.23. The minimum Gasteiger partial charge on any atom is -0.0695 e. The zero-order valence-corrected chi connectivity index (χ0v) is 12.3. The lowest BCUT2D eigenvalue weighted by Crippen LogP contribution is -2.12. The Morgan fingerprint density at radius 1 is 0.650 bits per heavy atom. The van der Waals surface area contributed by atoms with Gasteiger partial charge in [0, 0.05) is 0 Å². The Kier molecular flexibility index (Phi) is 2.60. The number of allylic oxidation sites excluding steroid dienone is 2. The zero-order valence-electron chi connectivity index (χ0n) is 12.3. The molecule has 0 N–H and O–H groups in total. The molecule has 0 saturated carbocycles. The molecule has 0 fully saturated rings. The van der Waals surface area contributed by atoms with Crippen molar-refractivity contribution in [2.75, 3.05) is 0 Å². The monoisotopic (exact) mass is 260 g/mol. The van der Waals surface area contributed by atoms with Gasteiger partial charge in [0.1, 0.15) is 0 Å². The minimum absolute atomic E-state index is 1.20. The molecule has 100 valence electrons. The van der Waals surface area contributed by atoms with Crippen LogP contribution in [0.15, 0.2) is 42.0 Å². The lowest BCUT2D eigenvalue weighted by atomic mass is 9.77. The zero-order chi connectivity index (χ0) is 13.7. The summed E-state index contributed by atoms with van der Waals surface area (Å²) in [6.07, 6.45) is 4.87. The summed E-state index contributed by atoms with van der Waals surface area (Å²) in [5, 5.41) is 0. The van der Waals surface area contributed by atoms with Crippen molar-refractivity contribution in [2.45, 2.75) is 39.5 Å². The average molecular weight is 260 g/mol. The van der Waals surface area contributed by atoms with Gasteiger partial charge in [0.15, 0.2) is 0 Å². The van der Waals surface area contributed by atoms with Gasteiger partial charge in [-0.05, 0) is 78.5 Å². The van der Waals surface area contributed by atoms with E-state index in [-0.39, 0.29) is 0 Å². The highest BCUT2D eigenvalue weighted by molar-refractivity contribution is 5.80. The van der Waals surface area contributed by atoms with Crippen molar-refractivity contribution in [1.82, 2.24) is 0 Å². The van der Waals surface area contributed by atoms with E-state index in [0.717, 1.165) is 0 Å². The van der Waals surface area contributed by atoms with Gasteiger partial charge in [-0.15, -0.1) is 0 Å². The molecule has 0 aliphatic heterocycles. The van der Waals surface area contributed by atoms with Gasteiger partial charge in [0.05, 0.1) is 0 Å². The number of hydrogen-bond acceptors (Lipinski definition) is 0. The van der Waals surface area contributed by atoms with Crippen LogP contribution in [0.4, 0.5) is 0 Å². The fourth-order valence-electron chi connectivity index (χ4n) is 3.86. The molecular formula is C20H20. The highest BCUT2D eigenvalue weighted by Crippen LogP contribution is 2.41. The first-order valence-corrected chi connectivity index (χ1v) is 7.65. The Labute approximate surface area is 121 Å². The average Bonchev–Trinajstić information content (AvgIpc) is 2.50. The van der Waals surface area contributed by atoms with Gasteiger partial charge in [-0.2, -0.15) is 0 Å². The summed E-state index contributed by atoms with van der Waals surface area (Å²) in [6.45, 7) is 4.57. The molecule has 2 aromatic rings. The van der Waals surface area contributed by atoms with Crippen molar-refractivity contribution in [3.8, 4) is 11.1 Å². The van der Waals surface area contributed by atoms with Crippen molar-refractivity contribution < 1.29 is 0 Å². The molecule has 0 amide bonds. The Hall–Kier alpha value is -1.82. The summed E-state index contributed by atoms with van der Waals surface area (Å²) >= 11 is 0. The highest BCUT2D eigenvalue weighted by atomic mass is 14.3. The Morgan fingerprint density at radius 3 is 2.25 bits per heavy atom. The minimum atomic E-state index is 1.20. The van der Waals surface area contributed by atoms with Crippen LogP contribution in [0, 0.1) is 0 Å². The normalized spacial score (nSPS) is 16.5. The van der Waals surface area contributed by atoms with E-state index in [2.05, 4.69) is 50.2 Å². The molecule has 0 unspecified atom stereocenters. The molecule has 20 heavy (non-hydrogen) atoms. The first-order valence-electron chi connectivity index (χ1n) is 7.65. The smallest absolute Gasteiger partial charge is 0.0146 e. The summed E-state index contributed by atoms with van der Waals surface area (Å²) < 4.78 is 0. The maximum absolute atomic E-state index is 2.36. The predicted octanol–water partition coefficient (Wildman–Crippen LogP) is 5.19. The third kappa shape index (κ3) is 1.61. The van der Waals surface area contributed by atoms with E-state index in [9.17, 15) is 0 Å². The molecule has 0 atom stereocenters. The lowest BCUT2D eigenvalue weighted by molar-refractivity contribution is 0.861. The molecule has 2 aliphatic rings. The summed E-state index contributed by atoms with van der Waals surface area (Å²) in [5.41, 5.74) is 12.3. The number of aryl methyl sites for hydroxylation is 1. The van der Waals surface area contributed by atoms with E-state index >= 15 is 0 Å². The molecule has 2 aromatic carbocycles. The van der Waals surface area contributed by atoms with Crippen molar-refractivity contribution in [3.05, 3.63) is 64.2 Å². The van der Waals surface area contributed by atoms with Gasteiger partial charge in [0.2, 0.25) is 0 Å². The van der Waals surface area contributed by atoms with Gasteiger partial charge in [0.25, 0.3) is 0 Å². The first kappa shape index (κ1) is 12.0. The van der Waals surface area contributed by atoms with Crippen LogP contribution < -0.4 is 0 Å². The third-order valence-corrected chi connectivity index (χ3v) is 5.18. The predicted molar refractivity (Wildman–Crippen MR) is 85.9 cm³/mol. The molecule has 0 aromatic heterocycles. The summed E-state index contributed by atoms with van der Waals surface area (Å²) in [7, 11) is 0. The second-order valence-electron chi connectivity index (χ2n) is 6.18. The Balaban J connectivity index is 1.97. The number of fused-ring (bicyclic) bond motifs is 5. The maximum Gasteiger partial charge on any atom is -0.0146 e. The summed E-state index contributed by atoms with van der Waals surface area (Å²) in [6, 6.07) is 13.6. The second kappa shape index (κ2) is 4.34. The van der Waals surface area contributed by atoms with Crippen LogP contribution in [0.3, 0.4) is 0 Å². The number of hydrogen-bond donors (Lipinski definition) is 0. The van der Waals surface area contributed by atoms with Crippen LogP contribution in [0.5, 0.6) is 0 Å². The molecule has 0 saturated heterocycles. The summed E-state index contributed by atoms with van der Waals surface area (Å²) in [5.74, 6) is 0. The molecule has 0 heterocycles. The lowest BCUT2D eigenvalue weighted by Gasteiger charge is -2.28. The van der Waals surface area contributed by atoms with Gasteiger partial charge >= 0.3 is 0 Å². The van der Waals surface area contributed by atoms with Crippen molar-refractivity contribution in [1.29, 1.82) is 0 Å². The van der Waals surface area contributed by atoms with Crippen LogP contribution >= 0.6 is 0 Å². The standard InChI is InChI=1S/C20H20/c1-13-7-9-18-16(14(13)2)11-12-19-17-6-4-3-5-15(17)8-10-20(18)19/h3-6,11-12H,7-10H2,1-2H3. The third-order valence-electron chi connectivity index (χ3n) is 5.18. The van der Waals surface area contributed by atoms with Crippen LogP contribution in [-0.2, 0) is 19.3 Å². The van der Waals surface area contributed by atoms with Crippen LogP contribution in [-0.4, -0.2) is 0 Å². The van der Waals surface area contributed by atoms with Crippen LogP contribution in [0.2, 0.25) is 0 Å². The van der Waals surface area contributed by atoms with Crippen molar-refractivity contribution >= 4 is 5.57 Å². The maximum atomic E-state index is 2.36. The van der Waals surface area contributed by atoms with Crippen LogP contribution in [0.25, 0.3) is 16.7 Å². The molecular weight excluding hydrogens is 240 g/mol. The van der Waals surface area contributed by atoms with E-state index in [4.69, 9.17) is 0 Å². The molecule has 0 nitrogen and oxygen atoms in total. The van der Waals surface area contributed by atoms with E-state index < -0.39 is 0 Å². The van der Waals surface area contributed by atoms with Gasteiger partial charge < -0.3 is 0 Å². The van der Waals surface area contributed by atoms with Gasteiger partial charge in [-0.25, -0.2) is 0 Å². The van der Waals surface area contributed by atoms with Gasteiger partial charge in [-0.3, -0.25) is 0 Å². The van der Waals surface area contributed by atoms with E-state index in [0.29, 0.717) is 0 Å². The quantitative estimate of drug-likeness (QED) is 0.611. The largest absolute Gasteiger partial charge is 0.0695 e. The van der Waals surface area contributed by atoms with E-state index in [1.54, 1.807) is 16.7 Å². The van der Waals surface area contributed by atoms with E-state index in [1.807, 2.05) is 0 Å². The fraction of sp³-hybridized carbons (Fsp3) is 0.300. The fourth-order valence-corrected chi connectivity index (χ4v) is 3.86. The van der Waals surface area contributed by atoms with Crippen molar-refractivity contribution in [2.24, 2.45) is 0 Å². The number of benzene rings is 2. The van der Waals surface area contributed by atoms with E-state index in [1.165, 1.54) is 53.5 Å². The molecule has 2 aliphatic carbocycles.